The second kappa shape index (κ2) is 6.69. The van der Waals surface area contributed by atoms with Gasteiger partial charge in [0.15, 0.2) is 5.43 Å². The summed E-state index contributed by atoms with van der Waals surface area (Å²) in [5.74, 6) is -2.16. The lowest BCUT2D eigenvalue weighted by Gasteiger charge is -2.45. The van der Waals surface area contributed by atoms with Crippen LogP contribution in [0.1, 0.15) is 27.8 Å². The van der Waals surface area contributed by atoms with E-state index in [9.17, 15) is 18.8 Å². The summed E-state index contributed by atoms with van der Waals surface area (Å²) in [5, 5.41) is 4.28. The first-order chi connectivity index (χ1) is 11.3. The number of pyridine rings is 1. The third-order valence-corrected chi connectivity index (χ3v) is 3.99. The molecule has 2 rings (SSSR count). The van der Waals surface area contributed by atoms with Gasteiger partial charge in [0.2, 0.25) is 0 Å². The zero-order valence-corrected chi connectivity index (χ0v) is 13.2. The fourth-order valence-corrected chi connectivity index (χ4v) is 2.61. The maximum atomic E-state index is 13.3. The number of rotatable bonds is 6. The minimum Gasteiger partial charge on any atom is -0.365 e. The molecule has 1 aromatic heterocycles. The van der Waals surface area contributed by atoms with E-state index < -0.39 is 36.0 Å². The van der Waals surface area contributed by atoms with E-state index in [2.05, 4.69) is 18.5 Å². The summed E-state index contributed by atoms with van der Waals surface area (Å²) in [6.07, 6.45) is 3.43. The van der Waals surface area contributed by atoms with Crippen LogP contribution in [0, 0.1) is 5.92 Å². The number of primary amides is 1. The number of nitrogens with one attached hydrogen (secondary N) is 1. The largest absolute Gasteiger partial charge is 0.365 e. The van der Waals surface area contributed by atoms with Crippen molar-refractivity contribution >= 4 is 11.8 Å². The molecular formula is C16H19FN4O3. The molecule has 0 fully saturated rings. The highest BCUT2D eigenvalue weighted by Gasteiger charge is 2.36. The number of fused-ring (bicyclic) bond motifs is 1. The van der Waals surface area contributed by atoms with Gasteiger partial charge >= 0.3 is 0 Å². The van der Waals surface area contributed by atoms with Gasteiger partial charge in [-0.3, -0.25) is 28.5 Å². The number of carbonyl (C=O) groups is 2. The number of hydrogen-bond acceptors (Lipinski definition) is 4. The lowest BCUT2D eigenvalue weighted by molar-refractivity contribution is 0.0862. The van der Waals surface area contributed by atoms with Crippen molar-refractivity contribution in [1.29, 1.82) is 0 Å². The molecular weight excluding hydrogens is 315 g/mol. The van der Waals surface area contributed by atoms with Crippen molar-refractivity contribution in [3.8, 4) is 0 Å². The van der Waals surface area contributed by atoms with Gasteiger partial charge in [0.25, 0.3) is 11.8 Å². The monoisotopic (exact) mass is 334 g/mol. The van der Waals surface area contributed by atoms with Crippen LogP contribution in [0.25, 0.3) is 0 Å². The van der Waals surface area contributed by atoms with Gasteiger partial charge in [-0.2, -0.15) is 0 Å². The van der Waals surface area contributed by atoms with Crippen LogP contribution in [0.5, 0.6) is 0 Å². The molecule has 2 amide bonds. The lowest BCUT2D eigenvalue weighted by Crippen LogP contribution is -2.65. The fourth-order valence-electron chi connectivity index (χ4n) is 2.61. The van der Waals surface area contributed by atoms with Crippen molar-refractivity contribution in [2.45, 2.75) is 19.1 Å². The van der Waals surface area contributed by atoms with E-state index in [1.54, 1.807) is 18.0 Å². The molecule has 7 nitrogen and oxygen atoms in total. The highest BCUT2D eigenvalue weighted by Crippen LogP contribution is 2.20. The van der Waals surface area contributed by atoms with Gasteiger partial charge in [-0.25, -0.2) is 0 Å². The second-order valence-electron chi connectivity index (χ2n) is 5.47. The van der Waals surface area contributed by atoms with Crippen LogP contribution >= 0.6 is 0 Å². The van der Waals surface area contributed by atoms with Crippen LogP contribution in [0.2, 0.25) is 0 Å². The highest BCUT2D eigenvalue weighted by atomic mass is 19.1. The molecule has 0 spiro atoms. The number of nitrogens with two attached hydrogens (primary N) is 1. The molecule has 0 radical (unpaired) electrons. The van der Waals surface area contributed by atoms with Crippen molar-refractivity contribution in [3.05, 3.63) is 59.1 Å². The normalized spacial score (nSPS) is 19.0. The van der Waals surface area contributed by atoms with Crippen LogP contribution in [-0.2, 0) is 0 Å². The van der Waals surface area contributed by atoms with Crippen LogP contribution in [0.3, 0.4) is 0 Å². The van der Waals surface area contributed by atoms with Crippen molar-refractivity contribution in [3.63, 3.8) is 0 Å². The molecule has 1 aliphatic heterocycles. The Hall–Kier alpha value is -2.90. The molecule has 0 aliphatic carbocycles. The lowest BCUT2D eigenvalue weighted by atomic mass is 10.0. The summed E-state index contributed by atoms with van der Waals surface area (Å²) in [7, 11) is 0. The summed E-state index contributed by atoms with van der Waals surface area (Å²) in [4.78, 5) is 35.7. The van der Waals surface area contributed by atoms with E-state index in [-0.39, 0.29) is 17.3 Å². The van der Waals surface area contributed by atoms with E-state index in [0.717, 1.165) is 6.07 Å². The van der Waals surface area contributed by atoms with Crippen molar-refractivity contribution in [2.24, 2.45) is 11.7 Å². The maximum absolute atomic E-state index is 13.3. The number of alkyl halides is 1. The molecule has 3 atom stereocenters. The Bertz CT molecular complexity index is 758. The first-order valence-electron chi connectivity index (χ1n) is 7.32. The zero-order valence-electron chi connectivity index (χ0n) is 13.2. The molecule has 0 saturated carbocycles. The van der Waals surface area contributed by atoms with Gasteiger partial charge in [-0.15, -0.1) is 13.2 Å². The number of halogens is 1. The standard InChI is InChI=1S/C16H19FN4O3/c1-4-9(3)21-15(10(5-2)7-17)19-16(24)12-6-13(22)11(14(18)23)8-20(12)21/h4-6,8-10,15H,1-2,7H2,3H3,(H2,18,23)(H,19,24)/t9?,10-,15?/m0/s1. The molecule has 2 unspecified atom stereocenters. The number of nitrogens with zero attached hydrogens (tertiary/aromatic N) is 2. The number of hydrogen-bond donors (Lipinski definition) is 2. The highest BCUT2D eigenvalue weighted by molar-refractivity contribution is 5.96. The Morgan fingerprint density at radius 2 is 2.12 bits per heavy atom. The van der Waals surface area contributed by atoms with Crippen molar-refractivity contribution in [1.82, 2.24) is 9.99 Å². The second-order valence-corrected chi connectivity index (χ2v) is 5.47. The van der Waals surface area contributed by atoms with Crippen LogP contribution in [0.15, 0.2) is 42.4 Å². The summed E-state index contributed by atoms with van der Waals surface area (Å²) >= 11 is 0. The SMILES string of the molecule is C=CC(C)N1C([C@@H](C=C)CF)NC(=O)c2cc(=O)c(C(N)=O)cn21. The third kappa shape index (κ3) is 2.82. The molecule has 3 N–H and O–H groups in total. The summed E-state index contributed by atoms with van der Waals surface area (Å²) in [6.45, 7) is 8.33. The molecule has 128 valence electrons. The molecule has 0 aromatic carbocycles. The van der Waals surface area contributed by atoms with E-state index in [1.807, 2.05) is 0 Å². The Labute approximate surface area is 138 Å². The molecule has 8 heteroatoms. The number of aromatic nitrogens is 1. The van der Waals surface area contributed by atoms with Gasteiger partial charge in [0.05, 0.1) is 12.7 Å². The number of carbonyl (C=O) groups excluding carboxylic acids is 2. The summed E-state index contributed by atoms with van der Waals surface area (Å²) in [6, 6.07) is 0.693. The van der Waals surface area contributed by atoms with Crippen LogP contribution in [-0.4, -0.2) is 35.4 Å². The molecule has 24 heavy (non-hydrogen) atoms. The van der Waals surface area contributed by atoms with Crippen molar-refractivity contribution < 1.29 is 14.0 Å². The smallest absolute Gasteiger partial charge is 0.271 e. The third-order valence-electron chi connectivity index (χ3n) is 3.99. The minimum absolute atomic E-state index is 0.0246. The Balaban J connectivity index is 2.71. The van der Waals surface area contributed by atoms with Crippen LogP contribution in [0.4, 0.5) is 4.39 Å². The topological polar surface area (TPSA) is 97.4 Å². The predicted molar refractivity (Wildman–Crippen MR) is 88.0 cm³/mol. The Morgan fingerprint density at radius 1 is 1.46 bits per heavy atom. The van der Waals surface area contributed by atoms with E-state index in [4.69, 9.17) is 5.73 Å². The minimum atomic E-state index is -0.908. The van der Waals surface area contributed by atoms with E-state index in [1.165, 1.54) is 16.9 Å². The molecule has 0 bridgehead atoms. The van der Waals surface area contributed by atoms with Gasteiger partial charge in [-0.1, -0.05) is 12.2 Å². The predicted octanol–water partition coefficient (Wildman–Crippen LogP) is 0.301. The first kappa shape index (κ1) is 17.5. The van der Waals surface area contributed by atoms with E-state index in [0.29, 0.717) is 0 Å². The maximum Gasteiger partial charge on any atom is 0.271 e. The van der Waals surface area contributed by atoms with Crippen molar-refractivity contribution in [2.75, 3.05) is 11.7 Å². The molecule has 0 saturated heterocycles. The van der Waals surface area contributed by atoms with Gasteiger partial charge in [0, 0.05) is 18.2 Å². The quantitative estimate of drug-likeness (QED) is 0.731. The Kier molecular flexibility index (Phi) is 4.87. The van der Waals surface area contributed by atoms with Gasteiger partial charge < -0.3 is 11.1 Å². The first-order valence-corrected chi connectivity index (χ1v) is 7.32. The average molecular weight is 334 g/mol. The van der Waals surface area contributed by atoms with Crippen LogP contribution < -0.4 is 21.5 Å². The zero-order chi connectivity index (χ0) is 18.0. The summed E-state index contributed by atoms with van der Waals surface area (Å²) in [5.41, 5.74) is 4.33. The molecule has 1 aromatic rings. The summed E-state index contributed by atoms with van der Waals surface area (Å²) < 4.78 is 14.7. The van der Waals surface area contributed by atoms with E-state index >= 15 is 0 Å². The van der Waals surface area contributed by atoms with Gasteiger partial charge in [0.1, 0.15) is 17.4 Å². The number of amides is 2. The van der Waals surface area contributed by atoms with Gasteiger partial charge in [-0.05, 0) is 6.92 Å². The Morgan fingerprint density at radius 3 is 2.62 bits per heavy atom. The average Bonchev–Trinajstić information content (AvgIpc) is 2.55. The fraction of sp³-hybridized carbons (Fsp3) is 0.312. The molecule has 2 heterocycles. The molecule has 1 aliphatic rings.